The van der Waals surface area contributed by atoms with Gasteiger partial charge >= 0.3 is 6.72 Å². The molecule has 0 atom stereocenters. The van der Waals surface area contributed by atoms with Crippen LogP contribution in [0.2, 0.25) is 0 Å². The molecular weight excluding hydrogens is 383 g/mol. The zero-order valence-corrected chi connectivity index (χ0v) is 15.8. The highest BCUT2D eigenvalue weighted by Gasteiger charge is 2.25. The Labute approximate surface area is 154 Å². The monoisotopic (exact) mass is 398 g/mol. The van der Waals surface area contributed by atoms with Gasteiger partial charge in [-0.15, -0.1) is 0 Å². The van der Waals surface area contributed by atoms with Gasteiger partial charge in [0.2, 0.25) is 0 Å². The molecule has 0 aliphatic rings. The lowest BCUT2D eigenvalue weighted by molar-refractivity contribution is -0.385. The summed E-state index contributed by atoms with van der Waals surface area (Å²) in [6, 6.07) is 8.32. The standard InChI is InChI=1S/C15H15N2O7PS/c1-10-8-12(4-6-14(10)16(18)19)23-25(26,22-3)24-13-5-7-15(17(20)21)11(2)9-13/h4-9H,1-3H3. The minimum Gasteiger partial charge on any atom is -0.416 e. The molecule has 9 nitrogen and oxygen atoms in total. The van der Waals surface area contributed by atoms with Gasteiger partial charge in [0.25, 0.3) is 11.4 Å². The Bertz CT molecular complexity index is 849. The Morgan fingerprint density at radius 3 is 1.54 bits per heavy atom. The van der Waals surface area contributed by atoms with E-state index < -0.39 is 16.6 Å². The lowest BCUT2D eigenvalue weighted by Crippen LogP contribution is -2.03. The number of aryl methyl sites for hydroxylation is 2. The molecule has 0 saturated heterocycles. The van der Waals surface area contributed by atoms with Crippen LogP contribution in [0.25, 0.3) is 0 Å². The molecule has 0 amide bonds. The van der Waals surface area contributed by atoms with Gasteiger partial charge in [-0.2, -0.15) is 0 Å². The molecule has 0 radical (unpaired) electrons. The number of hydrogen-bond acceptors (Lipinski definition) is 8. The summed E-state index contributed by atoms with van der Waals surface area (Å²) in [5.41, 5.74) is 0.706. The Balaban J connectivity index is 2.25. The van der Waals surface area contributed by atoms with Crippen molar-refractivity contribution in [1.82, 2.24) is 0 Å². The summed E-state index contributed by atoms with van der Waals surface area (Å²) in [6.45, 7) is -0.125. The number of benzene rings is 2. The van der Waals surface area contributed by atoms with E-state index in [2.05, 4.69) is 0 Å². The maximum atomic E-state index is 10.9. The fourth-order valence-corrected chi connectivity index (χ4v) is 3.58. The summed E-state index contributed by atoms with van der Waals surface area (Å²) < 4.78 is 16.4. The van der Waals surface area contributed by atoms with E-state index in [9.17, 15) is 20.2 Å². The molecule has 0 N–H and O–H groups in total. The van der Waals surface area contributed by atoms with Crippen molar-refractivity contribution in [3.8, 4) is 11.5 Å². The van der Waals surface area contributed by atoms with Crippen molar-refractivity contribution in [2.24, 2.45) is 0 Å². The maximum absolute atomic E-state index is 10.9. The molecule has 0 bridgehead atoms. The topological polar surface area (TPSA) is 114 Å². The Kier molecular flexibility index (Phi) is 5.91. The summed E-state index contributed by atoms with van der Waals surface area (Å²) >= 11 is 5.30. The van der Waals surface area contributed by atoms with E-state index in [0.717, 1.165) is 0 Å². The van der Waals surface area contributed by atoms with Gasteiger partial charge < -0.3 is 9.05 Å². The molecule has 26 heavy (non-hydrogen) atoms. The molecule has 0 aliphatic heterocycles. The molecule has 0 aliphatic carbocycles. The van der Waals surface area contributed by atoms with Crippen LogP contribution < -0.4 is 9.05 Å². The minimum absolute atomic E-state index is 0.0463. The fraction of sp³-hybridized carbons (Fsp3) is 0.200. The quantitative estimate of drug-likeness (QED) is 0.382. The van der Waals surface area contributed by atoms with Crippen molar-refractivity contribution in [3.63, 3.8) is 0 Å². The second kappa shape index (κ2) is 7.77. The first kappa shape index (κ1) is 19.8. The van der Waals surface area contributed by atoms with Crippen molar-refractivity contribution < 1.29 is 23.4 Å². The van der Waals surface area contributed by atoms with E-state index >= 15 is 0 Å². The third kappa shape index (κ3) is 4.54. The largest absolute Gasteiger partial charge is 0.434 e. The zero-order chi connectivity index (χ0) is 19.5. The number of nitro groups is 2. The van der Waals surface area contributed by atoms with E-state index in [1.54, 1.807) is 13.8 Å². The predicted octanol–water partition coefficient (Wildman–Crippen LogP) is 4.45. The van der Waals surface area contributed by atoms with Crippen LogP contribution >= 0.6 is 6.72 Å². The van der Waals surface area contributed by atoms with E-state index in [0.29, 0.717) is 11.1 Å². The van der Waals surface area contributed by atoms with Gasteiger partial charge in [-0.05, 0) is 38.1 Å². The molecule has 0 fully saturated rings. The third-order valence-electron chi connectivity index (χ3n) is 3.39. The van der Waals surface area contributed by atoms with E-state index in [1.807, 2.05) is 0 Å². The molecule has 0 spiro atoms. The number of hydrogen-bond donors (Lipinski definition) is 0. The lowest BCUT2D eigenvalue weighted by Gasteiger charge is -2.21. The van der Waals surface area contributed by atoms with Gasteiger partial charge in [0, 0.05) is 42.2 Å². The van der Waals surface area contributed by atoms with Gasteiger partial charge in [0.05, 0.1) is 9.85 Å². The number of nitro benzene ring substituents is 2. The van der Waals surface area contributed by atoms with Crippen LogP contribution in [0.3, 0.4) is 0 Å². The highest BCUT2D eigenvalue weighted by Crippen LogP contribution is 2.50. The van der Waals surface area contributed by atoms with Gasteiger partial charge in [-0.3, -0.25) is 24.8 Å². The normalized spacial score (nSPS) is 11.0. The molecule has 2 aromatic rings. The van der Waals surface area contributed by atoms with E-state index in [-0.39, 0.29) is 22.9 Å². The highest BCUT2D eigenvalue weighted by molar-refractivity contribution is 8.07. The van der Waals surface area contributed by atoms with Crippen molar-refractivity contribution >= 4 is 29.9 Å². The maximum Gasteiger partial charge on any atom is 0.434 e. The SMILES string of the molecule is COP(=S)(Oc1ccc([N+](=O)[O-])c(C)c1)Oc1ccc([N+](=O)[O-])c(C)c1. The second-order valence-electron chi connectivity index (χ2n) is 5.22. The van der Waals surface area contributed by atoms with Gasteiger partial charge in [0.15, 0.2) is 0 Å². The van der Waals surface area contributed by atoms with Gasteiger partial charge in [0.1, 0.15) is 11.5 Å². The van der Waals surface area contributed by atoms with Crippen LogP contribution in [-0.4, -0.2) is 17.0 Å². The first-order chi connectivity index (χ1) is 12.1. The van der Waals surface area contributed by atoms with Crippen LogP contribution in [0.4, 0.5) is 11.4 Å². The second-order valence-corrected chi connectivity index (χ2v) is 8.19. The van der Waals surface area contributed by atoms with Crippen LogP contribution in [-0.2, 0) is 16.3 Å². The lowest BCUT2D eigenvalue weighted by atomic mass is 10.2. The van der Waals surface area contributed by atoms with Crippen LogP contribution in [0.5, 0.6) is 11.5 Å². The van der Waals surface area contributed by atoms with Crippen LogP contribution in [0, 0.1) is 34.1 Å². The highest BCUT2D eigenvalue weighted by atomic mass is 32.5. The summed E-state index contributed by atoms with van der Waals surface area (Å²) in [5, 5.41) is 21.8. The third-order valence-corrected chi connectivity index (χ3v) is 5.60. The van der Waals surface area contributed by atoms with Crippen molar-refractivity contribution in [3.05, 3.63) is 67.8 Å². The smallest absolute Gasteiger partial charge is 0.416 e. The summed E-state index contributed by atoms with van der Waals surface area (Å²) in [7, 11) is 1.32. The zero-order valence-electron chi connectivity index (χ0n) is 14.1. The first-order valence-electron chi connectivity index (χ1n) is 7.20. The Morgan fingerprint density at radius 2 is 1.27 bits per heavy atom. The molecule has 0 unspecified atom stereocenters. The summed E-state index contributed by atoms with van der Waals surface area (Å²) in [5.74, 6) is 0.522. The Hall–Kier alpha value is -2.55. The molecule has 2 aromatic carbocycles. The number of rotatable bonds is 7. The van der Waals surface area contributed by atoms with Crippen molar-refractivity contribution in [2.75, 3.05) is 7.11 Å². The average Bonchev–Trinajstić information content (AvgIpc) is 2.54. The minimum atomic E-state index is -3.27. The van der Waals surface area contributed by atoms with Crippen molar-refractivity contribution in [2.45, 2.75) is 13.8 Å². The molecule has 11 heteroatoms. The summed E-state index contributed by atoms with van der Waals surface area (Å²) in [4.78, 5) is 20.8. The molecule has 2 rings (SSSR count). The molecule has 0 heterocycles. The molecule has 0 aromatic heterocycles. The predicted molar refractivity (Wildman–Crippen MR) is 98.2 cm³/mol. The summed E-state index contributed by atoms with van der Waals surface area (Å²) in [6.07, 6.45) is 0. The number of nitrogens with zero attached hydrogens (tertiary/aromatic N) is 2. The van der Waals surface area contributed by atoms with Gasteiger partial charge in [-0.1, -0.05) is 0 Å². The fourth-order valence-electron chi connectivity index (χ4n) is 2.13. The Morgan fingerprint density at radius 1 is 0.885 bits per heavy atom. The van der Waals surface area contributed by atoms with E-state index in [1.165, 1.54) is 43.5 Å². The first-order valence-corrected chi connectivity index (χ1v) is 9.76. The average molecular weight is 398 g/mol. The molecule has 138 valence electrons. The van der Waals surface area contributed by atoms with Gasteiger partial charge in [-0.25, -0.2) is 0 Å². The van der Waals surface area contributed by atoms with Crippen LogP contribution in [0.1, 0.15) is 11.1 Å². The molecule has 0 saturated carbocycles. The van der Waals surface area contributed by atoms with Crippen LogP contribution in [0.15, 0.2) is 36.4 Å². The van der Waals surface area contributed by atoms with E-state index in [4.69, 9.17) is 25.4 Å². The van der Waals surface area contributed by atoms with Crippen molar-refractivity contribution in [1.29, 1.82) is 0 Å². The molecular formula is C15H15N2O7PS.